The number of carbonyl (C=O) groups excluding carboxylic acids is 1. The molecular formula is C14H20O3. The van der Waals surface area contributed by atoms with E-state index in [0.717, 1.165) is 32.2 Å². The van der Waals surface area contributed by atoms with Crippen molar-refractivity contribution in [1.29, 1.82) is 0 Å². The largest absolute Gasteiger partial charge is 0.380 e. The minimum atomic E-state index is -0.0938. The number of methoxy groups -OCH3 is 1. The molecule has 0 aromatic heterocycles. The summed E-state index contributed by atoms with van der Waals surface area (Å²) in [5.74, 6) is 0. The lowest BCUT2D eigenvalue weighted by Gasteiger charge is -2.16. The molecule has 0 amide bonds. The zero-order valence-electron chi connectivity index (χ0n) is 10.3. The van der Waals surface area contributed by atoms with Gasteiger partial charge in [0.25, 0.3) is 0 Å². The molecule has 1 heterocycles. The zero-order chi connectivity index (χ0) is 12.3. The van der Waals surface area contributed by atoms with Gasteiger partial charge in [0.05, 0.1) is 6.61 Å². The standard InChI is InChI=1S/C8H10O.C6H10O2/c1-9-7-8-5-3-2-4-6-8;7-5-6-3-1-2-4-8-6/h2-6H,7H2,1H3;5-6H,1-4H2. The van der Waals surface area contributed by atoms with Crippen LogP contribution in [-0.2, 0) is 20.9 Å². The van der Waals surface area contributed by atoms with Crippen molar-refractivity contribution in [3.63, 3.8) is 0 Å². The second-order valence-electron chi connectivity index (χ2n) is 3.96. The predicted molar refractivity (Wildman–Crippen MR) is 66.8 cm³/mol. The Morgan fingerprint density at radius 3 is 2.59 bits per heavy atom. The van der Waals surface area contributed by atoms with Crippen LogP contribution < -0.4 is 0 Å². The van der Waals surface area contributed by atoms with Crippen molar-refractivity contribution in [2.45, 2.75) is 32.0 Å². The smallest absolute Gasteiger partial charge is 0.148 e. The first kappa shape index (κ1) is 13.9. The Kier molecular flexibility index (Phi) is 7.27. The summed E-state index contributed by atoms with van der Waals surface area (Å²) >= 11 is 0. The summed E-state index contributed by atoms with van der Waals surface area (Å²) in [4.78, 5) is 10.0. The fraction of sp³-hybridized carbons (Fsp3) is 0.500. The summed E-state index contributed by atoms with van der Waals surface area (Å²) in [6, 6.07) is 10.1. The Morgan fingerprint density at radius 2 is 2.12 bits per heavy atom. The number of benzene rings is 1. The molecule has 1 unspecified atom stereocenters. The highest BCUT2D eigenvalue weighted by Crippen LogP contribution is 2.09. The maximum Gasteiger partial charge on any atom is 0.148 e. The molecule has 17 heavy (non-hydrogen) atoms. The molecule has 1 saturated heterocycles. The first-order chi connectivity index (χ1) is 8.36. The first-order valence-corrected chi connectivity index (χ1v) is 5.96. The van der Waals surface area contributed by atoms with Crippen LogP contribution in [0.25, 0.3) is 0 Å². The summed E-state index contributed by atoms with van der Waals surface area (Å²) in [6.07, 6.45) is 3.97. The third-order valence-electron chi connectivity index (χ3n) is 2.52. The van der Waals surface area contributed by atoms with E-state index in [1.807, 2.05) is 30.3 Å². The van der Waals surface area contributed by atoms with E-state index in [1.54, 1.807) is 7.11 Å². The normalized spacial score (nSPS) is 19.0. The number of hydrogen-bond acceptors (Lipinski definition) is 3. The Balaban J connectivity index is 0.000000171. The van der Waals surface area contributed by atoms with Crippen LogP contribution in [0.15, 0.2) is 30.3 Å². The number of aldehydes is 1. The molecule has 3 nitrogen and oxygen atoms in total. The van der Waals surface area contributed by atoms with Crippen molar-refractivity contribution in [3.8, 4) is 0 Å². The van der Waals surface area contributed by atoms with Gasteiger partial charge in [0.2, 0.25) is 0 Å². The summed E-state index contributed by atoms with van der Waals surface area (Å²) in [5, 5.41) is 0. The van der Waals surface area contributed by atoms with E-state index in [-0.39, 0.29) is 6.10 Å². The van der Waals surface area contributed by atoms with Crippen molar-refractivity contribution < 1.29 is 14.3 Å². The highest BCUT2D eigenvalue weighted by Gasteiger charge is 2.10. The predicted octanol–water partition coefficient (Wildman–Crippen LogP) is 2.59. The fourth-order valence-corrected chi connectivity index (χ4v) is 1.61. The van der Waals surface area contributed by atoms with E-state index >= 15 is 0 Å². The molecule has 94 valence electrons. The van der Waals surface area contributed by atoms with Crippen LogP contribution in [0.3, 0.4) is 0 Å². The van der Waals surface area contributed by atoms with E-state index in [2.05, 4.69) is 0 Å². The van der Waals surface area contributed by atoms with Crippen LogP contribution in [-0.4, -0.2) is 26.1 Å². The van der Waals surface area contributed by atoms with Crippen LogP contribution in [0.2, 0.25) is 0 Å². The summed E-state index contributed by atoms with van der Waals surface area (Å²) in [5.41, 5.74) is 1.22. The lowest BCUT2D eigenvalue weighted by molar-refractivity contribution is -0.120. The van der Waals surface area contributed by atoms with Gasteiger partial charge < -0.3 is 14.3 Å². The van der Waals surface area contributed by atoms with Crippen LogP contribution in [0.4, 0.5) is 0 Å². The van der Waals surface area contributed by atoms with Gasteiger partial charge in [0.15, 0.2) is 0 Å². The van der Waals surface area contributed by atoms with E-state index in [1.165, 1.54) is 5.56 Å². The minimum absolute atomic E-state index is 0.0938. The van der Waals surface area contributed by atoms with Gasteiger partial charge in [0.1, 0.15) is 12.4 Å². The van der Waals surface area contributed by atoms with Gasteiger partial charge in [0, 0.05) is 13.7 Å². The molecule has 0 bridgehead atoms. The third-order valence-corrected chi connectivity index (χ3v) is 2.52. The van der Waals surface area contributed by atoms with Crippen LogP contribution >= 0.6 is 0 Å². The van der Waals surface area contributed by atoms with Gasteiger partial charge >= 0.3 is 0 Å². The van der Waals surface area contributed by atoms with Gasteiger partial charge in [-0.1, -0.05) is 30.3 Å². The Labute approximate surface area is 103 Å². The minimum Gasteiger partial charge on any atom is -0.380 e. The number of ether oxygens (including phenoxy) is 2. The number of carbonyl (C=O) groups is 1. The molecule has 2 rings (SSSR count). The summed E-state index contributed by atoms with van der Waals surface area (Å²) in [6.45, 7) is 1.48. The molecule has 1 aliphatic rings. The molecule has 0 spiro atoms. The summed E-state index contributed by atoms with van der Waals surface area (Å²) < 4.78 is 9.99. The van der Waals surface area contributed by atoms with Crippen molar-refractivity contribution in [2.24, 2.45) is 0 Å². The monoisotopic (exact) mass is 236 g/mol. The molecule has 1 aromatic carbocycles. The van der Waals surface area contributed by atoms with Crippen LogP contribution in [0.5, 0.6) is 0 Å². The fourth-order valence-electron chi connectivity index (χ4n) is 1.61. The Bertz CT molecular complexity index is 292. The van der Waals surface area contributed by atoms with Crippen molar-refractivity contribution in [1.82, 2.24) is 0 Å². The van der Waals surface area contributed by atoms with Crippen molar-refractivity contribution >= 4 is 6.29 Å². The average Bonchev–Trinajstić information content (AvgIpc) is 2.42. The van der Waals surface area contributed by atoms with Crippen LogP contribution in [0.1, 0.15) is 24.8 Å². The molecule has 0 radical (unpaired) electrons. The third kappa shape index (κ3) is 6.19. The zero-order valence-corrected chi connectivity index (χ0v) is 10.3. The molecule has 1 atom stereocenters. The van der Waals surface area contributed by atoms with E-state index in [0.29, 0.717) is 6.61 Å². The second-order valence-corrected chi connectivity index (χ2v) is 3.96. The molecular weight excluding hydrogens is 216 g/mol. The first-order valence-electron chi connectivity index (χ1n) is 5.96. The highest BCUT2D eigenvalue weighted by atomic mass is 16.5. The summed E-state index contributed by atoms with van der Waals surface area (Å²) in [7, 11) is 1.70. The topological polar surface area (TPSA) is 35.5 Å². The van der Waals surface area contributed by atoms with E-state index < -0.39 is 0 Å². The lowest BCUT2D eigenvalue weighted by Crippen LogP contribution is -2.19. The molecule has 3 heteroatoms. The number of rotatable bonds is 3. The van der Waals surface area contributed by atoms with Crippen molar-refractivity contribution in [3.05, 3.63) is 35.9 Å². The van der Waals surface area contributed by atoms with Crippen molar-refractivity contribution in [2.75, 3.05) is 13.7 Å². The molecule has 0 aliphatic carbocycles. The van der Waals surface area contributed by atoms with Gasteiger partial charge in [-0.05, 0) is 24.8 Å². The second kappa shape index (κ2) is 8.90. The van der Waals surface area contributed by atoms with Gasteiger partial charge in [-0.25, -0.2) is 0 Å². The lowest BCUT2D eigenvalue weighted by atomic mass is 10.1. The molecule has 1 fully saturated rings. The average molecular weight is 236 g/mol. The molecule has 0 N–H and O–H groups in total. The van der Waals surface area contributed by atoms with Gasteiger partial charge in [-0.15, -0.1) is 0 Å². The number of hydrogen-bond donors (Lipinski definition) is 0. The maximum absolute atomic E-state index is 10.0. The highest BCUT2D eigenvalue weighted by molar-refractivity contribution is 5.55. The Hall–Kier alpha value is -1.19. The van der Waals surface area contributed by atoms with E-state index in [4.69, 9.17) is 9.47 Å². The van der Waals surface area contributed by atoms with Crippen LogP contribution in [0, 0.1) is 0 Å². The Morgan fingerprint density at radius 1 is 1.35 bits per heavy atom. The quantitative estimate of drug-likeness (QED) is 0.757. The van der Waals surface area contributed by atoms with Gasteiger partial charge in [-0.3, -0.25) is 0 Å². The molecule has 0 saturated carbocycles. The SMILES string of the molecule is COCc1ccccc1.O=CC1CCCCO1. The molecule has 1 aliphatic heterocycles. The molecule has 1 aromatic rings. The van der Waals surface area contributed by atoms with Gasteiger partial charge in [-0.2, -0.15) is 0 Å². The van der Waals surface area contributed by atoms with E-state index in [9.17, 15) is 4.79 Å². The maximum atomic E-state index is 10.0.